The first-order valence-electron chi connectivity index (χ1n) is 8.40. The molecule has 1 aliphatic heterocycles. The molecule has 5 heteroatoms. The molecule has 0 atom stereocenters. The van der Waals surface area contributed by atoms with Crippen LogP contribution in [0, 0.1) is 5.92 Å². The molecule has 1 heterocycles. The molecule has 1 saturated heterocycles. The first kappa shape index (κ1) is 18.5. The highest BCUT2D eigenvalue weighted by atomic mass is 16.6. The van der Waals surface area contributed by atoms with Crippen molar-refractivity contribution in [1.29, 1.82) is 0 Å². The minimum Gasteiger partial charge on any atom is -0.444 e. The van der Waals surface area contributed by atoms with E-state index in [2.05, 4.69) is 0 Å². The van der Waals surface area contributed by atoms with Gasteiger partial charge in [0.2, 0.25) is 0 Å². The average Bonchev–Trinajstić information content (AvgIpc) is 2.54. The SMILES string of the molecule is COCc1ccc(C(=O)C2CCN(C(=O)OC(C)(C)C)CC2)cc1. The molecule has 0 aliphatic carbocycles. The third-order valence-corrected chi connectivity index (χ3v) is 4.07. The molecule has 1 amide bonds. The van der Waals surface area contributed by atoms with Crippen LogP contribution in [0.5, 0.6) is 0 Å². The molecule has 132 valence electrons. The van der Waals surface area contributed by atoms with Gasteiger partial charge in [-0.2, -0.15) is 0 Å². The van der Waals surface area contributed by atoms with Crippen LogP contribution in [0.1, 0.15) is 49.5 Å². The van der Waals surface area contributed by atoms with Crippen molar-refractivity contribution in [2.75, 3.05) is 20.2 Å². The number of hydrogen-bond donors (Lipinski definition) is 0. The van der Waals surface area contributed by atoms with E-state index in [-0.39, 0.29) is 17.8 Å². The highest BCUT2D eigenvalue weighted by Crippen LogP contribution is 2.23. The van der Waals surface area contributed by atoms with E-state index in [0.717, 1.165) is 11.1 Å². The second-order valence-corrected chi connectivity index (χ2v) is 7.24. The number of carbonyl (C=O) groups excluding carboxylic acids is 2. The number of carbonyl (C=O) groups is 2. The Kier molecular flexibility index (Phi) is 5.99. The first-order chi connectivity index (χ1) is 11.3. The number of ketones is 1. The Morgan fingerprint density at radius 1 is 1.12 bits per heavy atom. The fraction of sp³-hybridized carbons (Fsp3) is 0.579. The average molecular weight is 333 g/mol. The molecule has 1 aromatic rings. The smallest absolute Gasteiger partial charge is 0.410 e. The van der Waals surface area contributed by atoms with E-state index in [4.69, 9.17) is 9.47 Å². The van der Waals surface area contributed by atoms with Crippen LogP contribution in [0.2, 0.25) is 0 Å². The molecule has 2 rings (SSSR count). The largest absolute Gasteiger partial charge is 0.444 e. The summed E-state index contributed by atoms with van der Waals surface area (Å²) in [7, 11) is 1.65. The number of nitrogens with zero attached hydrogens (tertiary/aromatic N) is 1. The molecule has 0 N–H and O–H groups in total. The van der Waals surface area contributed by atoms with Crippen LogP contribution in [-0.4, -0.2) is 42.6 Å². The summed E-state index contributed by atoms with van der Waals surface area (Å²) in [5.74, 6) is 0.125. The molecular formula is C19H27NO4. The highest BCUT2D eigenvalue weighted by molar-refractivity contribution is 5.98. The van der Waals surface area contributed by atoms with Crippen molar-refractivity contribution >= 4 is 11.9 Å². The lowest BCUT2D eigenvalue weighted by Crippen LogP contribution is -2.43. The van der Waals surface area contributed by atoms with E-state index in [0.29, 0.717) is 32.5 Å². The maximum atomic E-state index is 12.6. The van der Waals surface area contributed by atoms with Crippen molar-refractivity contribution in [2.45, 2.75) is 45.8 Å². The topological polar surface area (TPSA) is 55.8 Å². The lowest BCUT2D eigenvalue weighted by molar-refractivity contribution is 0.0182. The summed E-state index contributed by atoms with van der Waals surface area (Å²) in [5.41, 5.74) is 1.28. The van der Waals surface area contributed by atoms with Crippen molar-refractivity contribution in [3.05, 3.63) is 35.4 Å². The number of hydrogen-bond acceptors (Lipinski definition) is 4. The molecule has 1 aromatic carbocycles. The zero-order chi connectivity index (χ0) is 17.7. The molecule has 0 spiro atoms. The van der Waals surface area contributed by atoms with E-state index in [9.17, 15) is 9.59 Å². The minimum absolute atomic E-state index is 0.0306. The minimum atomic E-state index is -0.492. The van der Waals surface area contributed by atoms with Gasteiger partial charge in [-0.15, -0.1) is 0 Å². The van der Waals surface area contributed by atoms with Crippen LogP contribution in [0.3, 0.4) is 0 Å². The number of benzene rings is 1. The van der Waals surface area contributed by atoms with Crippen molar-refractivity contribution < 1.29 is 19.1 Å². The number of Topliss-reactive ketones (excluding diaryl/α,β-unsaturated/α-hetero) is 1. The molecule has 0 radical (unpaired) electrons. The van der Waals surface area contributed by atoms with E-state index in [1.165, 1.54) is 0 Å². The van der Waals surface area contributed by atoms with Crippen LogP contribution in [0.25, 0.3) is 0 Å². The fourth-order valence-corrected chi connectivity index (χ4v) is 2.82. The molecule has 1 fully saturated rings. The Labute approximate surface area is 143 Å². The molecule has 0 unspecified atom stereocenters. The Bertz CT molecular complexity index is 566. The van der Waals surface area contributed by atoms with Crippen LogP contribution in [-0.2, 0) is 16.1 Å². The maximum absolute atomic E-state index is 12.6. The first-order valence-corrected chi connectivity index (χ1v) is 8.40. The number of likely N-dealkylation sites (tertiary alicyclic amines) is 1. The van der Waals surface area contributed by atoms with Gasteiger partial charge < -0.3 is 14.4 Å². The van der Waals surface area contributed by atoms with Crippen LogP contribution in [0.15, 0.2) is 24.3 Å². The molecule has 0 bridgehead atoms. The summed E-state index contributed by atoms with van der Waals surface area (Å²) in [5, 5.41) is 0. The summed E-state index contributed by atoms with van der Waals surface area (Å²) in [6, 6.07) is 7.56. The van der Waals surface area contributed by atoms with Crippen LogP contribution in [0.4, 0.5) is 4.79 Å². The highest BCUT2D eigenvalue weighted by Gasteiger charge is 2.30. The van der Waals surface area contributed by atoms with Crippen molar-refractivity contribution in [3.63, 3.8) is 0 Å². The zero-order valence-corrected chi connectivity index (χ0v) is 15.0. The Morgan fingerprint density at radius 2 is 1.71 bits per heavy atom. The summed E-state index contributed by atoms with van der Waals surface area (Å²) >= 11 is 0. The maximum Gasteiger partial charge on any atom is 0.410 e. The number of ether oxygens (including phenoxy) is 2. The Hall–Kier alpha value is -1.88. The van der Waals surface area contributed by atoms with E-state index >= 15 is 0 Å². The van der Waals surface area contributed by atoms with Crippen LogP contribution >= 0.6 is 0 Å². The summed E-state index contributed by atoms with van der Waals surface area (Å²) in [6.07, 6.45) is 1.06. The third-order valence-electron chi connectivity index (χ3n) is 4.07. The zero-order valence-electron chi connectivity index (χ0n) is 15.0. The van der Waals surface area contributed by atoms with Gasteiger partial charge in [0.25, 0.3) is 0 Å². The number of amides is 1. The normalized spacial score (nSPS) is 16.1. The summed E-state index contributed by atoms with van der Waals surface area (Å²) in [4.78, 5) is 26.4. The van der Waals surface area contributed by atoms with Gasteiger partial charge in [0, 0.05) is 31.7 Å². The van der Waals surface area contributed by atoms with Gasteiger partial charge in [0.15, 0.2) is 5.78 Å². The van der Waals surface area contributed by atoms with Crippen molar-refractivity contribution in [2.24, 2.45) is 5.92 Å². The van der Waals surface area contributed by atoms with E-state index < -0.39 is 5.60 Å². The van der Waals surface area contributed by atoms with Gasteiger partial charge in [0.1, 0.15) is 5.60 Å². The lowest BCUT2D eigenvalue weighted by Gasteiger charge is -2.33. The quantitative estimate of drug-likeness (QED) is 0.789. The lowest BCUT2D eigenvalue weighted by atomic mass is 9.89. The Balaban J connectivity index is 1.89. The van der Waals surface area contributed by atoms with E-state index in [1.807, 2.05) is 45.0 Å². The molecule has 0 aromatic heterocycles. The monoisotopic (exact) mass is 333 g/mol. The fourth-order valence-electron chi connectivity index (χ4n) is 2.82. The van der Waals surface area contributed by atoms with Gasteiger partial charge in [-0.3, -0.25) is 4.79 Å². The van der Waals surface area contributed by atoms with Crippen molar-refractivity contribution in [3.8, 4) is 0 Å². The Morgan fingerprint density at radius 3 is 2.21 bits per heavy atom. The second-order valence-electron chi connectivity index (χ2n) is 7.24. The molecule has 0 saturated carbocycles. The predicted octanol–water partition coefficient (Wildman–Crippen LogP) is 3.66. The number of rotatable bonds is 4. The second kappa shape index (κ2) is 7.79. The van der Waals surface area contributed by atoms with Gasteiger partial charge in [-0.25, -0.2) is 4.79 Å². The van der Waals surface area contributed by atoms with Gasteiger partial charge in [0.05, 0.1) is 6.61 Å². The van der Waals surface area contributed by atoms with Gasteiger partial charge >= 0.3 is 6.09 Å². The summed E-state index contributed by atoms with van der Waals surface area (Å²) < 4.78 is 10.5. The van der Waals surface area contributed by atoms with Crippen molar-refractivity contribution in [1.82, 2.24) is 4.90 Å². The summed E-state index contributed by atoms with van der Waals surface area (Å²) in [6.45, 7) is 7.24. The van der Waals surface area contributed by atoms with Gasteiger partial charge in [-0.05, 0) is 39.2 Å². The molecule has 5 nitrogen and oxygen atoms in total. The molecular weight excluding hydrogens is 306 g/mol. The predicted molar refractivity (Wildman–Crippen MR) is 92.0 cm³/mol. The number of methoxy groups -OCH3 is 1. The van der Waals surface area contributed by atoms with E-state index in [1.54, 1.807) is 12.0 Å². The molecule has 24 heavy (non-hydrogen) atoms. The van der Waals surface area contributed by atoms with Crippen LogP contribution < -0.4 is 0 Å². The molecule has 1 aliphatic rings. The number of piperidine rings is 1. The van der Waals surface area contributed by atoms with Gasteiger partial charge in [-0.1, -0.05) is 24.3 Å². The third kappa shape index (κ3) is 5.06. The standard InChI is InChI=1S/C19H27NO4/c1-19(2,3)24-18(22)20-11-9-16(10-12-20)17(21)15-7-5-14(6-8-15)13-23-4/h5-8,16H,9-13H2,1-4H3.